The van der Waals surface area contributed by atoms with Crippen molar-refractivity contribution in [2.45, 2.75) is 30.8 Å². The summed E-state index contributed by atoms with van der Waals surface area (Å²) in [6, 6.07) is 22.4. The summed E-state index contributed by atoms with van der Waals surface area (Å²) in [6.45, 7) is 2.08. The first-order valence-electron chi connectivity index (χ1n) is 9.91. The first kappa shape index (κ1) is 22.5. The Labute approximate surface area is 183 Å². The summed E-state index contributed by atoms with van der Waals surface area (Å²) in [5, 5.41) is 2.84. The molecule has 0 saturated carbocycles. The van der Waals surface area contributed by atoms with E-state index in [2.05, 4.69) is 10.0 Å². The summed E-state index contributed by atoms with van der Waals surface area (Å²) in [5.74, 6) is 0.210. The Morgan fingerprint density at radius 3 is 2.13 bits per heavy atom. The van der Waals surface area contributed by atoms with Crippen LogP contribution in [0, 0.1) is 6.92 Å². The van der Waals surface area contributed by atoms with Crippen molar-refractivity contribution in [3.63, 3.8) is 0 Å². The molecule has 3 aromatic rings. The SMILES string of the molecule is COc1ccc(S(=O)(=O)NC(Cc2ccccc2)C(=O)NCc2ccccc2)cc1C. The molecule has 3 aromatic carbocycles. The van der Waals surface area contributed by atoms with Crippen molar-refractivity contribution < 1.29 is 17.9 Å². The standard InChI is InChI=1S/C24H26N2O4S/c1-18-15-21(13-14-23(18)30-2)31(28,29)26-22(16-19-9-5-3-6-10-19)24(27)25-17-20-11-7-4-8-12-20/h3-15,22,26H,16-17H2,1-2H3,(H,25,27). The number of ether oxygens (including phenoxy) is 1. The van der Waals surface area contributed by atoms with Gasteiger partial charge in [0.15, 0.2) is 0 Å². The first-order chi connectivity index (χ1) is 14.9. The van der Waals surface area contributed by atoms with E-state index in [0.717, 1.165) is 11.1 Å². The number of nitrogens with one attached hydrogen (secondary N) is 2. The molecule has 162 valence electrons. The van der Waals surface area contributed by atoms with E-state index in [1.165, 1.54) is 19.2 Å². The predicted molar refractivity (Wildman–Crippen MR) is 120 cm³/mol. The lowest BCUT2D eigenvalue weighted by molar-refractivity contribution is -0.122. The van der Waals surface area contributed by atoms with Gasteiger partial charge in [-0.25, -0.2) is 8.42 Å². The molecule has 31 heavy (non-hydrogen) atoms. The van der Waals surface area contributed by atoms with Crippen LogP contribution in [0.3, 0.4) is 0 Å². The lowest BCUT2D eigenvalue weighted by atomic mass is 10.1. The molecular weight excluding hydrogens is 412 g/mol. The molecule has 3 rings (SSSR count). The van der Waals surface area contributed by atoms with Crippen LogP contribution in [0.15, 0.2) is 83.8 Å². The molecule has 0 saturated heterocycles. The van der Waals surface area contributed by atoms with Crippen LogP contribution in [-0.2, 0) is 27.8 Å². The van der Waals surface area contributed by atoms with E-state index >= 15 is 0 Å². The number of aryl methyl sites for hydroxylation is 1. The summed E-state index contributed by atoms with van der Waals surface area (Å²) in [4.78, 5) is 13.0. The molecule has 2 N–H and O–H groups in total. The molecule has 0 bridgehead atoms. The van der Waals surface area contributed by atoms with Gasteiger partial charge < -0.3 is 10.1 Å². The third-order valence-corrected chi connectivity index (χ3v) is 6.35. The molecule has 0 spiro atoms. The van der Waals surface area contributed by atoms with Crippen LogP contribution >= 0.6 is 0 Å². The van der Waals surface area contributed by atoms with Crippen LogP contribution in [-0.4, -0.2) is 27.5 Å². The third-order valence-electron chi connectivity index (χ3n) is 4.88. The molecule has 0 heterocycles. The normalized spacial score (nSPS) is 12.2. The number of hydrogen-bond acceptors (Lipinski definition) is 4. The summed E-state index contributed by atoms with van der Waals surface area (Å²) in [6.07, 6.45) is 0.232. The lowest BCUT2D eigenvalue weighted by Gasteiger charge is -2.19. The summed E-state index contributed by atoms with van der Waals surface area (Å²) in [5.41, 5.74) is 2.48. The smallest absolute Gasteiger partial charge is 0.241 e. The van der Waals surface area contributed by atoms with Crippen molar-refractivity contribution in [2.75, 3.05) is 7.11 Å². The average Bonchev–Trinajstić information content (AvgIpc) is 2.78. The molecule has 0 radical (unpaired) electrons. The molecule has 1 unspecified atom stereocenters. The molecule has 0 fully saturated rings. The van der Waals surface area contributed by atoms with E-state index in [1.807, 2.05) is 60.7 Å². The molecule has 1 atom stereocenters. The number of carbonyl (C=O) groups excluding carboxylic acids is 1. The van der Waals surface area contributed by atoms with Crippen LogP contribution in [0.2, 0.25) is 0 Å². The van der Waals surface area contributed by atoms with E-state index in [0.29, 0.717) is 17.9 Å². The zero-order chi connectivity index (χ0) is 22.3. The third kappa shape index (κ3) is 6.16. The van der Waals surface area contributed by atoms with E-state index < -0.39 is 16.1 Å². The second-order valence-electron chi connectivity index (χ2n) is 7.20. The fraction of sp³-hybridized carbons (Fsp3) is 0.208. The minimum atomic E-state index is -3.92. The number of methoxy groups -OCH3 is 1. The van der Waals surface area contributed by atoms with Crippen LogP contribution in [0.5, 0.6) is 5.75 Å². The van der Waals surface area contributed by atoms with Crippen molar-refractivity contribution in [2.24, 2.45) is 0 Å². The highest BCUT2D eigenvalue weighted by atomic mass is 32.2. The van der Waals surface area contributed by atoms with Gasteiger partial charge in [0.1, 0.15) is 11.8 Å². The minimum absolute atomic E-state index is 0.0831. The van der Waals surface area contributed by atoms with E-state index in [9.17, 15) is 13.2 Å². The van der Waals surface area contributed by atoms with Gasteiger partial charge >= 0.3 is 0 Å². The fourth-order valence-corrected chi connectivity index (χ4v) is 4.50. The molecule has 6 nitrogen and oxygen atoms in total. The van der Waals surface area contributed by atoms with Gasteiger partial charge in [0.05, 0.1) is 12.0 Å². The van der Waals surface area contributed by atoms with Crippen molar-refractivity contribution >= 4 is 15.9 Å². The Morgan fingerprint density at radius 2 is 1.55 bits per heavy atom. The van der Waals surface area contributed by atoms with Gasteiger partial charge in [-0.3, -0.25) is 4.79 Å². The topological polar surface area (TPSA) is 84.5 Å². The monoisotopic (exact) mass is 438 g/mol. The molecule has 0 aromatic heterocycles. The molecular formula is C24H26N2O4S. The molecule has 0 aliphatic heterocycles. The quantitative estimate of drug-likeness (QED) is 0.537. The van der Waals surface area contributed by atoms with Gasteiger partial charge in [0, 0.05) is 6.54 Å². The highest BCUT2D eigenvalue weighted by Crippen LogP contribution is 2.21. The van der Waals surface area contributed by atoms with Crippen LogP contribution in [0.4, 0.5) is 0 Å². The van der Waals surface area contributed by atoms with Crippen LogP contribution in [0.1, 0.15) is 16.7 Å². The van der Waals surface area contributed by atoms with Crippen LogP contribution < -0.4 is 14.8 Å². The maximum atomic E-state index is 13.0. The average molecular weight is 439 g/mol. The Hall–Kier alpha value is -3.16. The maximum absolute atomic E-state index is 13.0. The number of sulfonamides is 1. The van der Waals surface area contributed by atoms with Gasteiger partial charge in [-0.2, -0.15) is 4.72 Å². The predicted octanol–water partition coefficient (Wildman–Crippen LogP) is 3.21. The van der Waals surface area contributed by atoms with E-state index in [1.54, 1.807) is 13.0 Å². The largest absolute Gasteiger partial charge is 0.496 e. The number of benzene rings is 3. The molecule has 0 aliphatic carbocycles. The van der Waals surface area contributed by atoms with Gasteiger partial charge in [0.25, 0.3) is 0 Å². The van der Waals surface area contributed by atoms with Crippen molar-refractivity contribution in [1.82, 2.24) is 10.0 Å². The second-order valence-corrected chi connectivity index (χ2v) is 8.91. The zero-order valence-corrected chi connectivity index (χ0v) is 18.4. The van der Waals surface area contributed by atoms with Crippen molar-refractivity contribution in [1.29, 1.82) is 0 Å². The Morgan fingerprint density at radius 1 is 0.935 bits per heavy atom. The number of carbonyl (C=O) groups is 1. The molecule has 1 amide bonds. The fourth-order valence-electron chi connectivity index (χ4n) is 3.22. The number of hydrogen-bond donors (Lipinski definition) is 2. The molecule has 7 heteroatoms. The number of amides is 1. The highest BCUT2D eigenvalue weighted by molar-refractivity contribution is 7.89. The van der Waals surface area contributed by atoms with Crippen molar-refractivity contribution in [3.05, 3.63) is 95.6 Å². The summed E-state index contributed by atoms with van der Waals surface area (Å²) < 4.78 is 33.8. The van der Waals surface area contributed by atoms with Gasteiger partial charge in [-0.15, -0.1) is 0 Å². The highest BCUT2D eigenvalue weighted by Gasteiger charge is 2.26. The minimum Gasteiger partial charge on any atom is -0.496 e. The van der Waals surface area contributed by atoms with E-state index in [4.69, 9.17) is 4.74 Å². The van der Waals surface area contributed by atoms with Crippen LogP contribution in [0.25, 0.3) is 0 Å². The van der Waals surface area contributed by atoms with Gasteiger partial charge in [-0.1, -0.05) is 60.7 Å². The van der Waals surface area contributed by atoms with Gasteiger partial charge in [-0.05, 0) is 48.2 Å². The summed E-state index contributed by atoms with van der Waals surface area (Å²) in [7, 11) is -2.39. The van der Waals surface area contributed by atoms with Crippen molar-refractivity contribution in [3.8, 4) is 5.75 Å². The molecule has 0 aliphatic rings. The number of rotatable bonds is 9. The maximum Gasteiger partial charge on any atom is 0.241 e. The Kier molecular flexibility index (Phi) is 7.44. The Bertz CT molecular complexity index is 1120. The Balaban J connectivity index is 1.81. The first-order valence-corrected chi connectivity index (χ1v) is 11.4. The second kappa shape index (κ2) is 10.2. The summed E-state index contributed by atoms with van der Waals surface area (Å²) >= 11 is 0. The lowest BCUT2D eigenvalue weighted by Crippen LogP contribution is -2.47. The van der Waals surface area contributed by atoms with E-state index in [-0.39, 0.29) is 17.2 Å². The zero-order valence-electron chi connectivity index (χ0n) is 17.5. The van der Waals surface area contributed by atoms with Gasteiger partial charge in [0.2, 0.25) is 15.9 Å².